The highest BCUT2D eigenvalue weighted by Gasteiger charge is 1.99. The lowest BCUT2D eigenvalue weighted by Crippen LogP contribution is -2.12. The van der Waals surface area contributed by atoms with Gasteiger partial charge >= 0.3 is 0 Å². The molecule has 0 aliphatic heterocycles. The van der Waals surface area contributed by atoms with Crippen LogP contribution in [0.1, 0.15) is 0 Å². The number of nitrogens with one attached hydrogen (secondary N) is 1. The maximum absolute atomic E-state index is 5.98. The van der Waals surface area contributed by atoms with Gasteiger partial charge in [0, 0.05) is 18.7 Å². The van der Waals surface area contributed by atoms with Gasteiger partial charge < -0.3 is 14.8 Å². The Hall–Kier alpha value is -0.480. The molecule has 0 bridgehead atoms. The SMILES string of the molecule is COCCOCCNc1ccc(Cl)cc1Cl. The third kappa shape index (κ3) is 5.03. The number of ether oxygens (including phenoxy) is 2. The van der Waals surface area contributed by atoms with Crippen LogP contribution < -0.4 is 5.32 Å². The van der Waals surface area contributed by atoms with Gasteiger partial charge in [-0.05, 0) is 18.2 Å². The average molecular weight is 264 g/mol. The molecule has 1 aromatic carbocycles. The van der Waals surface area contributed by atoms with Gasteiger partial charge in [-0.2, -0.15) is 0 Å². The summed E-state index contributed by atoms with van der Waals surface area (Å²) in [6, 6.07) is 5.35. The van der Waals surface area contributed by atoms with Crippen molar-refractivity contribution >= 4 is 28.9 Å². The maximum Gasteiger partial charge on any atom is 0.0701 e. The molecule has 0 amide bonds. The molecule has 1 N–H and O–H groups in total. The Labute approximate surface area is 106 Å². The first-order chi connectivity index (χ1) is 7.74. The summed E-state index contributed by atoms with van der Waals surface area (Å²) >= 11 is 11.8. The van der Waals surface area contributed by atoms with Gasteiger partial charge in [0.25, 0.3) is 0 Å². The van der Waals surface area contributed by atoms with Crippen molar-refractivity contribution in [1.29, 1.82) is 0 Å². The zero-order valence-electron chi connectivity index (χ0n) is 9.13. The van der Waals surface area contributed by atoms with Crippen LogP contribution in [0.4, 0.5) is 5.69 Å². The fraction of sp³-hybridized carbons (Fsp3) is 0.455. The Kier molecular flexibility index (Phi) is 6.57. The molecule has 0 saturated carbocycles. The fourth-order valence-corrected chi connectivity index (χ4v) is 1.61. The second-order valence-corrected chi connectivity index (χ2v) is 4.00. The Morgan fingerprint density at radius 3 is 2.69 bits per heavy atom. The monoisotopic (exact) mass is 263 g/mol. The molecular weight excluding hydrogens is 249 g/mol. The molecule has 0 aliphatic rings. The molecule has 0 spiro atoms. The predicted octanol–water partition coefficient (Wildman–Crippen LogP) is 3.07. The van der Waals surface area contributed by atoms with Crippen LogP contribution in [0, 0.1) is 0 Å². The molecule has 1 rings (SSSR count). The minimum absolute atomic E-state index is 0.604. The summed E-state index contributed by atoms with van der Waals surface area (Å²) in [4.78, 5) is 0. The lowest BCUT2D eigenvalue weighted by atomic mass is 10.3. The number of hydrogen-bond donors (Lipinski definition) is 1. The smallest absolute Gasteiger partial charge is 0.0701 e. The molecular formula is C11H15Cl2NO2. The highest BCUT2D eigenvalue weighted by molar-refractivity contribution is 6.36. The van der Waals surface area contributed by atoms with Crippen molar-refractivity contribution in [3.63, 3.8) is 0 Å². The Bertz CT molecular complexity index is 321. The summed E-state index contributed by atoms with van der Waals surface area (Å²) in [5, 5.41) is 4.41. The number of anilines is 1. The number of hydrogen-bond acceptors (Lipinski definition) is 3. The Morgan fingerprint density at radius 1 is 1.19 bits per heavy atom. The van der Waals surface area contributed by atoms with Crippen LogP contribution in [0.3, 0.4) is 0 Å². The van der Waals surface area contributed by atoms with Crippen molar-refractivity contribution in [3.05, 3.63) is 28.2 Å². The van der Waals surface area contributed by atoms with Gasteiger partial charge in [-0.15, -0.1) is 0 Å². The van der Waals surface area contributed by atoms with Crippen LogP contribution in [0.2, 0.25) is 10.0 Å². The van der Waals surface area contributed by atoms with E-state index in [1.165, 1.54) is 0 Å². The molecule has 0 radical (unpaired) electrons. The molecule has 0 atom stereocenters. The largest absolute Gasteiger partial charge is 0.382 e. The van der Waals surface area contributed by atoms with Crippen molar-refractivity contribution in [1.82, 2.24) is 0 Å². The van der Waals surface area contributed by atoms with E-state index in [0.29, 0.717) is 36.4 Å². The molecule has 0 unspecified atom stereocenters. The van der Waals surface area contributed by atoms with E-state index in [2.05, 4.69) is 5.32 Å². The average Bonchev–Trinajstić information content (AvgIpc) is 2.26. The van der Waals surface area contributed by atoms with Gasteiger partial charge in [-0.1, -0.05) is 23.2 Å². The number of benzene rings is 1. The summed E-state index contributed by atoms with van der Waals surface area (Å²) in [7, 11) is 1.65. The lowest BCUT2D eigenvalue weighted by Gasteiger charge is -2.08. The zero-order valence-corrected chi connectivity index (χ0v) is 10.6. The summed E-state index contributed by atoms with van der Waals surface area (Å²) < 4.78 is 10.2. The maximum atomic E-state index is 5.98. The fourth-order valence-electron chi connectivity index (χ4n) is 1.14. The predicted molar refractivity (Wildman–Crippen MR) is 67.6 cm³/mol. The van der Waals surface area contributed by atoms with Crippen LogP contribution in [-0.4, -0.2) is 33.5 Å². The summed E-state index contributed by atoms with van der Waals surface area (Å²) in [6.07, 6.45) is 0. The summed E-state index contributed by atoms with van der Waals surface area (Å²) in [5.74, 6) is 0. The number of methoxy groups -OCH3 is 1. The van der Waals surface area contributed by atoms with Gasteiger partial charge in [-0.25, -0.2) is 0 Å². The topological polar surface area (TPSA) is 30.5 Å². The highest BCUT2D eigenvalue weighted by atomic mass is 35.5. The minimum atomic E-state index is 0.604. The van der Waals surface area contributed by atoms with Crippen LogP contribution in [0.15, 0.2) is 18.2 Å². The molecule has 5 heteroatoms. The first kappa shape index (κ1) is 13.6. The van der Waals surface area contributed by atoms with Gasteiger partial charge in [-0.3, -0.25) is 0 Å². The Morgan fingerprint density at radius 2 is 2.00 bits per heavy atom. The van der Waals surface area contributed by atoms with Crippen molar-refractivity contribution in [2.75, 3.05) is 38.8 Å². The summed E-state index contributed by atoms with van der Waals surface area (Å²) in [6.45, 7) is 2.53. The van der Waals surface area contributed by atoms with Crippen molar-refractivity contribution in [2.24, 2.45) is 0 Å². The second kappa shape index (κ2) is 7.74. The molecule has 16 heavy (non-hydrogen) atoms. The van der Waals surface area contributed by atoms with Crippen molar-refractivity contribution < 1.29 is 9.47 Å². The van der Waals surface area contributed by atoms with Crippen LogP contribution in [0.25, 0.3) is 0 Å². The molecule has 90 valence electrons. The zero-order chi connectivity index (χ0) is 11.8. The lowest BCUT2D eigenvalue weighted by molar-refractivity contribution is 0.0759. The molecule has 0 aromatic heterocycles. The molecule has 0 fully saturated rings. The standard InChI is InChI=1S/C11H15Cl2NO2/c1-15-6-7-16-5-4-14-11-3-2-9(12)8-10(11)13/h2-3,8,14H,4-7H2,1H3. The number of rotatable bonds is 7. The van der Waals surface area contributed by atoms with E-state index in [9.17, 15) is 0 Å². The van der Waals surface area contributed by atoms with Gasteiger partial charge in [0.15, 0.2) is 0 Å². The minimum Gasteiger partial charge on any atom is -0.382 e. The van der Waals surface area contributed by atoms with Crippen LogP contribution >= 0.6 is 23.2 Å². The molecule has 0 saturated heterocycles. The van der Waals surface area contributed by atoms with Crippen LogP contribution in [-0.2, 0) is 9.47 Å². The van der Waals surface area contributed by atoms with E-state index in [-0.39, 0.29) is 0 Å². The van der Waals surface area contributed by atoms with Crippen LogP contribution in [0.5, 0.6) is 0 Å². The first-order valence-corrected chi connectivity index (χ1v) is 5.75. The third-order valence-electron chi connectivity index (χ3n) is 1.92. The normalized spacial score (nSPS) is 10.4. The highest BCUT2D eigenvalue weighted by Crippen LogP contribution is 2.24. The van der Waals surface area contributed by atoms with E-state index in [1.54, 1.807) is 19.2 Å². The Balaban J connectivity index is 2.21. The van der Waals surface area contributed by atoms with E-state index in [4.69, 9.17) is 32.7 Å². The van der Waals surface area contributed by atoms with Crippen molar-refractivity contribution in [2.45, 2.75) is 0 Å². The number of halogens is 2. The van der Waals surface area contributed by atoms with Gasteiger partial charge in [0.2, 0.25) is 0 Å². The van der Waals surface area contributed by atoms with Gasteiger partial charge in [0.05, 0.1) is 30.5 Å². The third-order valence-corrected chi connectivity index (χ3v) is 2.47. The molecule has 0 heterocycles. The second-order valence-electron chi connectivity index (χ2n) is 3.16. The van der Waals surface area contributed by atoms with E-state index in [1.807, 2.05) is 6.07 Å². The quantitative estimate of drug-likeness (QED) is 0.768. The van der Waals surface area contributed by atoms with E-state index < -0.39 is 0 Å². The first-order valence-electron chi connectivity index (χ1n) is 4.99. The summed E-state index contributed by atoms with van der Waals surface area (Å²) in [5.41, 5.74) is 0.862. The molecule has 1 aromatic rings. The van der Waals surface area contributed by atoms with Crippen molar-refractivity contribution in [3.8, 4) is 0 Å². The molecule has 3 nitrogen and oxygen atoms in total. The van der Waals surface area contributed by atoms with Gasteiger partial charge in [0.1, 0.15) is 0 Å². The molecule has 0 aliphatic carbocycles. The van der Waals surface area contributed by atoms with E-state index in [0.717, 1.165) is 5.69 Å². The van der Waals surface area contributed by atoms with E-state index >= 15 is 0 Å².